The van der Waals surface area contributed by atoms with Crippen molar-refractivity contribution in [3.8, 4) is 0 Å². The molecule has 28 heavy (non-hydrogen) atoms. The topological polar surface area (TPSA) is 104 Å². The van der Waals surface area contributed by atoms with E-state index in [0.717, 1.165) is 11.2 Å². The van der Waals surface area contributed by atoms with E-state index in [4.69, 9.17) is 23.1 Å². The molecule has 1 aromatic heterocycles. The average molecular weight is 395 g/mol. The van der Waals surface area contributed by atoms with Crippen LogP contribution in [0.4, 0.5) is 0 Å². The first-order valence-corrected chi connectivity index (χ1v) is 9.74. The highest BCUT2D eigenvalue weighted by atomic mass is 35.7. The normalized spacial score (nSPS) is 11.8. The van der Waals surface area contributed by atoms with Crippen LogP contribution in [-0.4, -0.2) is 0 Å². The molecule has 0 aliphatic rings. The quantitative estimate of drug-likeness (QED) is 0.226. The lowest BCUT2D eigenvalue weighted by molar-refractivity contribution is -2.00. The van der Waals surface area contributed by atoms with Crippen LogP contribution in [0.3, 0.4) is 0 Å². The maximum Gasteiger partial charge on any atom is 0.361 e. The van der Waals surface area contributed by atoms with Gasteiger partial charge in [-0.3, -0.25) is 0 Å². The highest BCUT2D eigenvalue weighted by Crippen LogP contribution is 2.36. The molecule has 5 aromatic rings. The number of aryl methyl sites for hydroxylation is 1. The van der Waals surface area contributed by atoms with Crippen LogP contribution < -0.4 is 18.6 Å². The van der Waals surface area contributed by atoms with Gasteiger partial charge in [0.05, 0.1) is 10.8 Å². The van der Waals surface area contributed by atoms with Crippen LogP contribution >= 0.6 is 0 Å². The summed E-state index contributed by atoms with van der Waals surface area (Å²) in [6, 6.07) is 25.4. The van der Waals surface area contributed by atoms with Gasteiger partial charge in [-0.05, 0) is 46.2 Å². The fourth-order valence-corrected chi connectivity index (χ4v) is 3.69. The standard InChI is InChI=1S/C22H15O.ClHO4/c1-14-21-17-8-4-2-6-15(17)10-12-19(21)23-20-13-11-16-7-3-5-9-18(16)22(14)20;2-1(3,4)5/h2-13H,1H3;(H,2,3,4,5)/q+1;/p-1. The SMILES string of the molecule is Cc1c2c(ccc3ccccc32)[o+]c2ccc3ccccc3c12.[O-][Cl+3]([O-])([O-])[O-]. The van der Waals surface area contributed by atoms with Crippen molar-refractivity contribution in [2.45, 2.75) is 6.92 Å². The molecule has 0 saturated heterocycles. The van der Waals surface area contributed by atoms with Crippen molar-refractivity contribution in [2.75, 3.05) is 0 Å². The van der Waals surface area contributed by atoms with Crippen molar-refractivity contribution >= 4 is 43.5 Å². The molecule has 140 valence electrons. The second-order valence-electron chi connectivity index (χ2n) is 6.42. The van der Waals surface area contributed by atoms with Crippen LogP contribution in [0.15, 0.2) is 77.2 Å². The molecule has 1 heterocycles. The van der Waals surface area contributed by atoms with Gasteiger partial charge >= 0.3 is 11.2 Å². The van der Waals surface area contributed by atoms with Gasteiger partial charge in [0.25, 0.3) is 0 Å². The largest absolute Gasteiger partial charge is 0.361 e. The van der Waals surface area contributed by atoms with E-state index in [-0.39, 0.29) is 0 Å². The van der Waals surface area contributed by atoms with E-state index in [2.05, 4.69) is 79.7 Å². The first-order chi connectivity index (χ1) is 13.3. The predicted molar refractivity (Wildman–Crippen MR) is 97.9 cm³/mol. The molecule has 0 unspecified atom stereocenters. The highest BCUT2D eigenvalue weighted by molar-refractivity contribution is 6.16. The maximum atomic E-state index is 8.49. The first kappa shape index (κ1) is 18.6. The second kappa shape index (κ2) is 6.98. The second-order valence-corrected chi connectivity index (χ2v) is 7.18. The zero-order valence-electron chi connectivity index (χ0n) is 14.8. The molecule has 5 rings (SSSR count). The van der Waals surface area contributed by atoms with E-state index in [1.165, 1.54) is 37.9 Å². The Bertz CT molecular complexity index is 1230. The minimum atomic E-state index is -4.94. The number of benzene rings is 4. The average Bonchev–Trinajstić information content (AvgIpc) is 2.66. The van der Waals surface area contributed by atoms with Gasteiger partial charge in [0.1, 0.15) is 0 Å². The van der Waals surface area contributed by atoms with E-state index in [9.17, 15) is 0 Å². The molecule has 0 aliphatic heterocycles. The number of halogens is 1. The maximum absolute atomic E-state index is 8.49. The third kappa shape index (κ3) is 3.49. The summed E-state index contributed by atoms with van der Waals surface area (Å²) in [5.41, 5.74) is 3.18. The summed E-state index contributed by atoms with van der Waals surface area (Å²) in [5.74, 6) is 0. The van der Waals surface area contributed by atoms with Gasteiger partial charge in [0.2, 0.25) is 0 Å². The van der Waals surface area contributed by atoms with E-state index in [1.807, 2.05) is 0 Å². The van der Waals surface area contributed by atoms with Crippen LogP contribution in [-0.2, 0) is 0 Å². The summed E-state index contributed by atoms with van der Waals surface area (Å²) in [5, 5.41) is 7.43. The summed E-state index contributed by atoms with van der Waals surface area (Å²) in [7, 11) is -4.94. The third-order valence-corrected chi connectivity index (χ3v) is 4.75. The molecule has 0 radical (unpaired) electrons. The van der Waals surface area contributed by atoms with Gasteiger partial charge in [-0.25, -0.2) is 23.1 Å². The molecule has 0 fully saturated rings. The van der Waals surface area contributed by atoms with Gasteiger partial charge in [-0.2, -0.15) is 0 Å². The minimum Gasteiger partial charge on any atom is -0.222 e. The summed E-state index contributed by atoms with van der Waals surface area (Å²) < 4.78 is 40.2. The van der Waals surface area contributed by atoms with E-state index >= 15 is 0 Å². The summed E-state index contributed by atoms with van der Waals surface area (Å²) in [6.45, 7) is 2.21. The highest BCUT2D eigenvalue weighted by Gasteiger charge is 2.20. The van der Waals surface area contributed by atoms with E-state index < -0.39 is 10.2 Å². The van der Waals surface area contributed by atoms with Crippen molar-refractivity contribution in [1.82, 2.24) is 0 Å². The fourth-order valence-electron chi connectivity index (χ4n) is 3.69. The predicted octanol–water partition coefficient (Wildman–Crippen LogP) is 1.73. The van der Waals surface area contributed by atoms with Crippen LogP contribution in [0.1, 0.15) is 5.56 Å². The Morgan fingerprint density at radius 3 is 1.43 bits per heavy atom. The molecule has 0 bridgehead atoms. The van der Waals surface area contributed by atoms with Crippen LogP contribution in [0.25, 0.3) is 43.5 Å². The number of rotatable bonds is 0. The Morgan fingerprint density at radius 2 is 1.00 bits per heavy atom. The lowest BCUT2D eigenvalue weighted by Gasteiger charge is -2.17. The first-order valence-electron chi connectivity index (χ1n) is 8.50. The number of fused-ring (bicyclic) bond motifs is 6. The van der Waals surface area contributed by atoms with Gasteiger partial charge in [-0.1, -0.05) is 48.5 Å². The summed E-state index contributed by atoms with van der Waals surface area (Å²) >= 11 is 0. The monoisotopic (exact) mass is 394 g/mol. The Balaban J connectivity index is 0.000000346. The van der Waals surface area contributed by atoms with Crippen LogP contribution in [0.2, 0.25) is 0 Å². The summed E-state index contributed by atoms with van der Waals surface area (Å²) in [4.78, 5) is 0. The molecule has 0 amide bonds. The lowest BCUT2D eigenvalue weighted by Crippen LogP contribution is -2.68. The molecule has 4 aromatic carbocycles. The van der Waals surface area contributed by atoms with Crippen molar-refractivity contribution < 1.29 is 33.3 Å². The van der Waals surface area contributed by atoms with Gasteiger partial charge < -0.3 is 0 Å². The molecule has 5 nitrogen and oxygen atoms in total. The van der Waals surface area contributed by atoms with Crippen molar-refractivity contribution in [3.05, 3.63) is 78.4 Å². The van der Waals surface area contributed by atoms with Crippen LogP contribution in [0.5, 0.6) is 0 Å². The Kier molecular flexibility index (Phi) is 4.63. The van der Waals surface area contributed by atoms with Crippen molar-refractivity contribution in [2.24, 2.45) is 0 Å². The molecule has 0 N–H and O–H groups in total. The van der Waals surface area contributed by atoms with Crippen molar-refractivity contribution in [3.63, 3.8) is 0 Å². The number of hydrogen-bond acceptors (Lipinski definition) is 4. The molecule has 6 heteroatoms. The molecule has 0 spiro atoms. The third-order valence-electron chi connectivity index (χ3n) is 4.75. The van der Waals surface area contributed by atoms with Gasteiger partial charge in [0.15, 0.2) is 0 Å². The van der Waals surface area contributed by atoms with Gasteiger partial charge in [0, 0.05) is 12.1 Å². The van der Waals surface area contributed by atoms with Gasteiger partial charge in [-0.15, -0.1) is 10.2 Å². The molecular formula is C22H15ClO5. The fraction of sp³-hybridized carbons (Fsp3) is 0.0455. The smallest absolute Gasteiger partial charge is 0.222 e. The van der Waals surface area contributed by atoms with E-state index in [1.54, 1.807) is 0 Å². The Hall–Kier alpha value is -2.80. The van der Waals surface area contributed by atoms with Crippen molar-refractivity contribution in [1.29, 1.82) is 0 Å². The molecule has 0 atom stereocenters. The van der Waals surface area contributed by atoms with E-state index in [0.29, 0.717) is 0 Å². The summed E-state index contributed by atoms with van der Waals surface area (Å²) in [6.07, 6.45) is 0. The van der Waals surface area contributed by atoms with Crippen LogP contribution in [0, 0.1) is 17.2 Å². The zero-order valence-corrected chi connectivity index (χ0v) is 15.6. The Morgan fingerprint density at radius 1 is 0.607 bits per heavy atom. The number of hydrogen-bond donors (Lipinski definition) is 0. The molecule has 0 saturated carbocycles. The lowest BCUT2D eigenvalue weighted by atomic mass is 9.96. The molecular weight excluding hydrogens is 380 g/mol. The minimum absolute atomic E-state index is 0.948. The Labute approximate surface area is 162 Å². The molecule has 0 aliphatic carbocycles. The zero-order chi connectivity index (χ0) is 19.9.